The van der Waals surface area contributed by atoms with Crippen LogP contribution in [0.2, 0.25) is 0 Å². The third kappa shape index (κ3) is 2.26. The molecule has 0 saturated heterocycles. The fraction of sp³-hybridized carbons (Fsp3) is 0.500. The lowest BCUT2D eigenvalue weighted by Gasteiger charge is -2.13. The Morgan fingerprint density at radius 2 is 2.07 bits per heavy atom. The zero-order chi connectivity index (χ0) is 9.80. The molecule has 0 heterocycles. The molecule has 1 aromatic rings. The molecule has 2 nitrogen and oxygen atoms in total. The fourth-order valence-corrected chi connectivity index (χ4v) is 1.91. The van der Waals surface area contributed by atoms with Crippen LogP contribution in [0.5, 0.6) is 5.75 Å². The Morgan fingerprint density at radius 1 is 1.29 bits per heavy atom. The van der Waals surface area contributed by atoms with Gasteiger partial charge in [0.1, 0.15) is 12.4 Å². The number of hydrogen-bond acceptors (Lipinski definition) is 1. The maximum absolute atomic E-state index is 10.7. The van der Waals surface area contributed by atoms with E-state index in [-0.39, 0.29) is 6.61 Å². The van der Waals surface area contributed by atoms with Crippen LogP contribution in [0.25, 0.3) is 0 Å². The Balaban J connectivity index is 2.00. The summed E-state index contributed by atoms with van der Waals surface area (Å²) in [5.74, 6) is 0.852. The van der Waals surface area contributed by atoms with E-state index in [2.05, 4.69) is 0 Å². The van der Waals surface area contributed by atoms with Crippen LogP contribution < -0.4 is 4.74 Å². The first kappa shape index (κ1) is 9.53. The lowest BCUT2D eigenvalue weighted by molar-refractivity contribution is 0.175. The fourth-order valence-electron chi connectivity index (χ4n) is 1.91. The average Bonchev–Trinajstić information content (AvgIpc) is 2.71. The van der Waals surface area contributed by atoms with E-state index in [1.54, 1.807) is 0 Å². The van der Waals surface area contributed by atoms with Gasteiger partial charge in [0, 0.05) is 0 Å². The molecule has 0 unspecified atom stereocenters. The normalized spacial score (nSPS) is 17.2. The van der Waals surface area contributed by atoms with Crippen molar-refractivity contribution in [3.8, 4) is 5.75 Å². The lowest BCUT2D eigenvalue weighted by Crippen LogP contribution is -2.10. The second-order valence-corrected chi connectivity index (χ2v) is 3.82. The standard InChI is InChI=1S/C12H15O2/c13-9-10-4-3-7-12(8-10)14-11-5-1-2-6-11/h3-4,7-8,11H,1-2,5-6,9H2. The molecule has 0 N–H and O–H groups in total. The lowest BCUT2D eigenvalue weighted by atomic mass is 10.2. The molecule has 1 aliphatic rings. The highest BCUT2D eigenvalue weighted by Gasteiger charge is 2.16. The van der Waals surface area contributed by atoms with Crippen molar-refractivity contribution in [2.45, 2.75) is 38.4 Å². The minimum absolute atomic E-state index is 0.165. The summed E-state index contributed by atoms with van der Waals surface area (Å²) < 4.78 is 5.78. The molecule has 75 valence electrons. The monoisotopic (exact) mass is 191 g/mol. The molecule has 0 aliphatic heterocycles. The molecule has 2 heteroatoms. The van der Waals surface area contributed by atoms with Crippen molar-refractivity contribution in [3.63, 3.8) is 0 Å². The molecule has 2 rings (SSSR count). The first-order valence-corrected chi connectivity index (χ1v) is 5.22. The summed E-state index contributed by atoms with van der Waals surface area (Å²) in [6, 6.07) is 7.51. The Labute approximate surface area is 84.5 Å². The van der Waals surface area contributed by atoms with Crippen LogP contribution >= 0.6 is 0 Å². The predicted octanol–water partition coefficient (Wildman–Crippen LogP) is 2.94. The van der Waals surface area contributed by atoms with Crippen LogP contribution in [0.1, 0.15) is 31.2 Å². The molecule has 1 saturated carbocycles. The molecule has 14 heavy (non-hydrogen) atoms. The highest BCUT2D eigenvalue weighted by Crippen LogP contribution is 2.24. The van der Waals surface area contributed by atoms with E-state index in [9.17, 15) is 5.11 Å². The summed E-state index contributed by atoms with van der Waals surface area (Å²) in [7, 11) is 0. The number of ether oxygens (including phenoxy) is 1. The van der Waals surface area contributed by atoms with E-state index in [0.29, 0.717) is 6.10 Å². The summed E-state index contributed by atoms with van der Waals surface area (Å²) in [6.45, 7) is -0.165. The van der Waals surface area contributed by atoms with Gasteiger partial charge < -0.3 is 4.74 Å². The van der Waals surface area contributed by atoms with E-state index in [0.717, 1.165) is 24.2 Å². The van der Waals surface area contributed by atoms with E-state index < -0.39 is 0 Å². The molecule has 1 aromatic carbocycles. The summed E-state index contributed by atoms with van der Waals surface area (Å²) in [6.07, 6.45) is 5.22. The molecule has 0 atom stereocenters. The first-order valence-electron chi connectivity index (χ1n) is 5.22. The molecular weight excluding hydrogens is 176 g/mol. The van der Waals surface area contributed by atoms with Gasteiger partial charge >= 0.3 is 0 Å². The van der Waals surface area contributed by atoms with Crippen molar-refractivity contribution in [2.75, 3.05) is 0 Å². The van der Waals surface area contributed by atoms with Crippen molar-refractivity contribution in [3.05, 3.63) is 29.8 Å². The topological polar surface area (TPSA) is 29.1 Å². The third-order valence-corrected chi connectivity index (χ3v) is 2.67. The summed E-state index contributed by atoms with van der Waals surface area (Å²) >= 11 is 0. The van der Waals surface area contributed by atoms with Crippen LogP contribution in [0.3, 0.4) is 0 Å². The summed E-state index contributed by atoms with van der Waals surface area (Å²) in [5, 5.41) is 10.7. The van der Waals surface area contributed by atoms with Crippen molar-refractivity contribution in [1.82, 2.24) is 0 Å². The van der Waals surface area contributed by atoms with Gasteiger partial charge in [-0.05, 0) is 43.4 Å². The van der Waals surface area contributed by atoms with Gasteiger partial charge in [-0.1, -0.05) is 12.1 Å². The van der Waals surface area contributed by atoms with E-state index in [4.69, 9.17) is 4.74 Å². The Hall–Kier alpha value is -1.02. The van der Waals surface area contributed by atoms with Gasteiger partial charge in [-0.3, -0.25) is 0 Å². The van der Waals surface area contributed by atoms with Crippen LogP contribution in [-0.4, -0.2) is 6.10 Å². The Bertz CT molecular complexity index is 290. The quantitative estimate of drug-likeness (QED) is 0.722. The van der Waals surface area contributed by atoms with E-state index >= 15 is 0 Å². The van der Waals surface area contributed by atoms with Gasteiger partial charge in [0.2, 0.25) is 0 Å². The number of hydrogen-bond donors (Lipinski definition) is 0. The first-order chi connectivity index (χ1) is 6.88. The van der Waals surface area contributed by atoms with Crippen molar-refractivity contribution >= 4 is 0 Å². The maximum Gasteiger partial charge on any atom is 0.120 e. The molecule has 1 fully saturated rings. The third-order valence-electron chi connectivity index (χ3n) is 2.67. The summed E-state index contributed by atoms with van der Waals surface area (Å²) in [5.41, 5.74) is 0.806. The largest absolute Gasteiger partial charge is 0.490 e. The van der Waals surface area contributed by atoms with Crippen LogP contribution in [-0.2, 0) is 11.7 Å². The molecule has 0 spiro atoms. The second-order valence-electron chi connectivity index (χ2n) is 3.82. The minimum Gasteiger partial charge on any atom is -0.490 e. The van der Waals surface area contributed by atoms with Crippen LogP contribution in [0.15, 0.2) is 24.3 Å². The van der Waals surface area contributed by atoms with Crippen molar-refractivity contribution in [1.29, 1.82) is 0 Å². The Kier molecular flexibility index (Phi) is 3.04. The van der Waals surface area contributed by atoms with Crippen LogP contribution in [0, 0.1) is 0 Å². The van der Waals surface area contributed by atoms with Crippen molar-refractivity contribution in [2.24, 2.45) is 0 Å². The highest BCUT2D eigenvalue weighted by atomic mass is 16.5. The van der Waals surface area contributed by atoms with Gasteiger partial charge in [0.15, 0.2) is 0 Å². The van der Waals surface area contributed by atoms with Gasteiger partial charge in [0.25, 0.3) is 0 Å². The molecule has 0 bridgehead atoms. The van der Waals surface area contributed by atoms with Crippen molar-refractivity contribution < 1.29 is 9.84 Å². The smallest absolute Gasteiger partial charge is 0.120 e. The van der Waals surface area contributed by atoms with Crippen LogP contribution in [0.4, 0.5) is 0 Å². The maximum atomic E-state index is 10.7. The molecule has 0 amide bonds. The highest BCUT2D eigenvalue weighted by molar-refractivity contribution is 5.28. The SMILES string of the molecule is [O]Cc1cccc(OC2CCCC2)c1. The van der Waals surface area contributed by atoms with E-state index in [1.165, 1.54) is 12.8 Å². The average molecular weight is 191 g/mol. The zero-order valence-corrected chi connectivity index (χ0v) is 8.24. The zero-order valence-electron chi connectivity index (χ0n) is 8.24. The molecular formula is C12H15O2. The second kappa shape index (κ2) is 4.47. The van der Waals surface area contributed by atoms with Gasteiger partial charge in [-0.25, -0.2) is 5.11 Å². The molecule has 1 radical (unpaired) electrons. The molecule has 0 aromatic heterocycles. The molecule has 1 aliphatic carbocycles. The van der Waals surface area contributed by atoms with Gasteiger partial charge in [0.05, 0.1) is 6.10 Å². The Morgan fingerprint density at radius 3 is 2.79 bits per heavy atom. The predicted molar refractivity (Wildman–Crippen MR) is 53.7 cm³/mol. The minimum atomic E-state index is -0.165. The number of benzene rings is 1. The van der Waals surface area contributed by atoms with Gasteiger partial charge in [-0.15, -0.1) is 0 Å². The number of rotatable bonds is 3. The summed E-state index contributed by atoms with van der Waals surface area (Å²) in [4.78, 5) is 0. The van der Waals surface area contributed by atoms with E-state index in [1.807, 2.05) is 24.3 Å². The van der Waals surface area contributed by atoms with Gasteiger partial charge in [-0.2, -0.15) is 0 Å².